The van der Waals surface area contributed by atoms with Crippen molar-refractivity contribution in [2.75, 3.05) is 5.32 Å². The highest BCUT2D eigenvalue weighted by Gasteiger charge is 2.36. The van der Waals surface area contributed by atoms with Crippen molar-refractivity contribution in [3.05, 3.63) is 40.4 Å². The molecule has 1 aromatic carbocycles. The van der Waals surface area contributed by atoms with Gasteiger partial charge in [-0.05, 0) is 50.7 Å². The Bertz CT molecular complexity index is 1180. The Balaban J connectivity index is 1.60. The van der Waals surface area contributed by atoms with Gasteiger partial charge in [0.25, 0.3) is 5.91 Å². The number of carbonyl (C=O) groups is 2. The molecule has 0 saturated heterocycles. The summed E-state index contributed by atoms with van der Waals surface area (Å²) in [4.78, 5) is 33.5. The average Bonchev–Trinajstić information content (AvgIpc) is 3.39. The van der Waals surface area contributed by atoms with Gasteiger partial charge in [0.2, 0.25) is 0 Å². The number of halogens is 1. The topological polar surface area (TPSA) is 135 Å². The van der Waals surface area contributed by atoms with E-state index in [0.29, 0.717) is 29.7 Å². The Morgan fingerprint density at radius 1 is 1.18 bits per heavy atom. The van der Waals surface area contributed by atoms with Gasteiger partial charge in [-0.1, -0.05) is 28.6 Å². The summed E-state index contributed by atoms with van der Waals surface area (Å²) in [5.41, 5.74) is -0.0785. The fraction of sp³-hybridized carbons (Fsp3) is 0.429. The van der Waals surface area contributed by atoms with Crippen LogP contribution in [0.1, 0.15) is 59.5 Å². The maximum atomic E-state index is 13.1. The van der Waals surface area contributed by atoms with Crippen molar-refractivity contribution in [3.8, 4) is 0 Å². The molecule has 9 nitrogen and oxygen atoms in total. The number of hydrogen-bond donors (Lipinski definition) is 2. The minimum atomic E-state index is -3.39. The minimum Gasteiger partial charge on any atom is -0.477 e. The standard InChI is InChI=1S/C21H22FN3O6S2/c22-11-16-18(20(27)28)32-21(23-16)24-19(26)17(25-31-13-3-1-2-4-13)12-5-7-14(8-6-12)33(29,30)15-9-10-15/h5-8,13,15H,1-4,9-11H2,(H,27,28)(H,23,24,26). The van der Waals surface area contributed by atoms with Crippen molar-refractivity contribution < 1.29 is 32.3 Å². The first-order chi connectivity index (χ1) is 15.8. The van der Waals surface area contributed by atoms with Crippen LogP contribution in [0.5, 0.6) is 0 Å². The van der Waals surface area contributed by atoms with Gasteiger partial charge in [0.15, 0.2) is 20.7 Å². The normalized spacial score (nSPS) is 17.2. The molecular weight excluding hydrogens is 473 g/mol. The molecule has 2 aliphatic carbocycles. The molecule has 12 heteroatoms. The Morgan fingerprint density at radius 3 is 2.39 bits per heavy atom. The molecule has 0 aliphatic heterocycles. The van der Waals surface area contributed by atoms with Crippen molar-refractivity contribution in [2.45, 2.75) is 61.4 Å². The average molecular weight is 496 g/mol. The summed E-state index contributed by atoms with van der Waals surface area (Å²) in [6.07, 6.45) is 4.77. The molecule has 0 atom stereocenters. The van der Waals surface area contributed by atoms with Gasteiger partial charge in [0.05, 0.1) is 15.8 Å². The van der Waals surface area contributed by atoms with Crippen LogP contribution < -0.4 is 5.32 Å². The van der Waals surface area contributed by atoms with Crippen LogP contribution in [0.3, 0.4) is 0 Å². The van der Waals surface area contributed by atoms with Crippen molar-refractivity contribution >= 4 is 43.9 Å². The molecule has 1 aromatic heterocycles. The number of hydrogen-bond acceptors (Lipinski definition) is 8. The van der Waals surface area contributed by atoms with E-state index in [1.807, 2.05) is 0 Å². The number of thiazole rings is 1. The van der Waals surface area contributed by atoms with Crippen LogP contribution >= 0.6 is 11.3 Å². The van der Waals surface area contributed by atoms with Crippen molar-refractivity contribution in [1.29, 1.82) is 0 Å². The molecule has 2 N–H and O–H groups in total. The molecule has 2 fully saturated rings. The molecule has 2 saturated carbocycles. The largest absolute Gasteiger partial charge is 0.477 e. The number of aromatic nitrogens is 1. The SMILES string of the molecule is O=C(Nc1nc(CF)c(C(=O)O)s1)C(=NOC1CCCC1)c1ccc(S(=O)(=O)C2CC2)cc1. The molecule has 1 amide bonds. The molecule has 2 aromatic rings. The van der Waals surface area contributed by atoms with Crippen LogP contribution in [-0.2, 0) is 26.1 Å². The zero-order valence-corrected chi connectivity index (χ0v) is 19.1. The molecule has 1 heterocycles. The molecule has 0 bridgehead atoms. The zero-order valence-electron chi connectivity index (χ0n) is 17.5. The third-order valence-electron chi connectivity index (χ3n) is 5.47. The lowest BCUT2D eigenvalue weighted by atomic mass is 10.1. The number of anilines is 1. The lowest BCUT2D eigenvalue weighted by molar-refractivity contribution is -0.110. The predicted octanol–water partition coefficient (Wildman–Crippen LogP) is 3.55. The van der Waals surface area contributed by atoms with E-state index in [1.165, 1.54) is 24.3 Å². The van der Waals surface area contributed by atoms with Crippen molar-refractivity contribution in [2.24, 2.45) is 5.16 Å². The van der Waals surface area contributed by atoms with Gasteiger partial charge in [-0.3, -0.25) is 10.1 Å². The smallest absolute Gasteiger partial charge is 0.347 e. The van der Waals surface area contributed by atoms with Crippen molar-refractivity contribution in [1.82, 2.24) is 4.98 Å². The van der Waals surface area contributed by atoms with Gasteiger partial charge in [0.1, 0.15) is 17.7 Å². The van der Waals surface area contributed by atoms with Crippen LogP contribution in [0.15, 0.2) is 34.3 Å². The molecule has 176 valence electrons. The Morgan fingerprint density at radius 2 is 1.85 bits per heavy atom. The van der Waals surface area contributed by atoms with E-state index in [1.54, 1.807) is 0 Å². The summed E-state index contributed by atoms with van der Waals surface area (Å²) < 4.78 is 38.0. The van der Waals surface area contributed by atoms with Crippen LogP contribution in [-0.4, -0.2) is 47.5 Å². The van der Waals surface area contributed by atoms with E-state index in [2.05, 4.69) is 15.5 Å². The second kappa shape index (κ2) is 9.56. The van der Waals surface area contributed by atoms with E-state index in [-0.39, 0.29) is 37.7 Å². The number of carboxylic acids is 1. The lowest BCUT2D eigenvalue weighted by Crippen LogP contribution is -2.25. The third kappa shape index (κ3) is 5.22. The minimum absolute atomic E-state index is 0.0912. The van der Waals surface area contributed by atoms with Gasteiger partial charge >= 0.3 is 5.97 Å². The molecular formula is C21H22FN3O6S2. The van der Waals surface area contributed by atoms with E-state index < -0.39 is 28.4 Å². The van der Waals surface area contributed by atoms with Crippen LogP contribution in [0.4, 0.5) is 9.52 Å². The van der Waals surface area contributed by atoms with E-state index in [4.69, 9.17) is 4.84 Å². The van der Waals surface area contributed by atoms with Crippen molar-refractivity contribution in [3.63, 3.8) is 0 Å². The number of nitrogens with zero attached hydrogens (tertiary/aromatic N) is 2. The number of sulfone groups is 1. The number of amides is 1. The van der Waals surface area contributed by atoms with E-state index in [0.717, 1.165) is 25.7 Å². The Labute approximate surface area is 193 Å². The van der Waals surface area contributed by atoms with Gasteiger partial charge in [-0.2, -0.15) is 0 Å². The molecule has 4 rings (SSSR count). The van der Waals surface area contributed by atoms with Gasteiger partial charge in [-0.15, -0.1) is 0 Å². The first-order valence-electron chi connectivity index (χ1n) is 10.5. The number of alkyl halides is 1. The molecule has 2 aliphatic rings. The second-order valence-corrected chi connectivity index (χ2v) is 11.1. The van der Waals surface area contributed by atoms with Gasteiger partial charge < -0.3 is 9.94 Å². The number of carboxylic acid groups (broad SMARTS) is 1. The number of oxime groups is 1. The van der Waals surface area contributed by atoms with E-state index >= 15 is 0 Å². The fourth-order valence-electron chi connectivity index (χ4n) is 3.54. The van der Waals surface area contributed by atoms with Crippen LogP contribution in [0.25, 0.3) is 0 Å². The first kappa shape index (κ1) is 23.3. The maximum absolute atomic E-state index is 13.1. The summed E-state index contributed by atoms with van der Waals surface area (Å²) in [5, 5.41) is 15.2. The second-order valence-electron chi connectivity index (χ2n) is 7.91. The van der Waals surface area contributed by atoms with Gasteiger partial charge in [-0.25, -0.2) is 22.6 Å². The summed E-state index contributed by atoms with van der Waals surface area (Å²) in [6.45, 7) is -1.09. The molecule has 33 heavy (non-hydrogen) atoms. The fourth-order valence-corrected chi connectivity index (χ4v) is 5.99. The molecule has 0 radical (unpaired) electrons. The number of aromatic carboxylic acids is 1. The van der Waals surface area contributed by atoms with E-state index in [9.17, 15) is 27.5 Å². The Kier molecular flexibility index (Phi) is 6.75. The lowest BCUT2D eigenvalue weighted by Gasteiger charge is -2.11. The number of rotatable bonds is 9. The molecule has 0 spiro atoms. The maximum Gasteiger partial charge on any atom is 0.347 e. The van der Waals surface area contributed by atoms with Crippen LogP contribution in [0.2, 0.25) is 0 Å². The number of carbonyl (C=O) groups excluding carboxylic acids is 1. The first-order valence-corrected chi connectivity index (χ1v) is 12.8. The zero-order chi connectivity index (χ0) is 23.6. The summed E-state index contributed by atoms with van der Waals surface area (Å²) in [6, 6.07) is 5.80. The number of benzene rings is 1. The quantitative estimate of drug-likeness (QED) is 0.401. The molecule has 0 unspecified atom stereocenters. The summed E-state index contributed by atoms with van der Waals surface area (Å²) in [7, 11) is -3.39. The number of nitrogens with one attached hydrogen (secondary N) is 1. The summed E-state index contributed by atoms with van der Waals surface area (Å²) in [5.74, 6) is -2.08. The summed E-state index contributed by atoms with van der Waals surface area (Å²) >= 11 is 0.635. The highest BCUT2D eigenvalue weighted by molar-refractivity contribution is 7.92. The predicted molar refractivity (Wildman–Crippen MR) is 119 cm³/mol. The highest BCUT2D eigenvalue weighted by Crippen LogP contribution is 2.33. The Hall–Kier alpha value is -2.86. The third-order valence-corrected chi connectivity index (χ3v) is 8.75. The van der Waals surface area contributed by atoms with Gasteiger partial charge in [0, 0.05) is 5.56 Å². The van der Waals surface area contributed by atoms with Crippen LogP contribution in [0, 0.1) is 0 Å². The highest BCUT2D eigenvalue weighted by atomic mass is 32.2. The monoisotopic (exact) mass is 495 g/mol.